The van der Waals surface area contributed by atoms with Crippen molar-refractivity contribution in [1.82, 2.24) is 15.3 Å². The van der Waals surface area contributed by atoms with Crippen molar-refractivity contribution in [3.05, 3.63) is 71.7 Å². The van der Waals surface area contributed by atoms with Gasteiger partial charge in [-0.25, -0.2) is 4.98 Å². The van der Waals surface area contributed by atoms with Gasteiger partial charge in [-0.2, -0.15) is 11.9 Å². The van der Waals surface area contributed by atoms with Gasteiger partial charge in [0.05, 0.1) is 24.9 Å². The lowest BCUT2D eigenvalue weighted by molar-refractivity contribution is 0.00428. The number of nitrogens with two attached hydrogens (primary N) is 1. The first kappa shape index (κ1) is 37.2. The second-order valence-corrected chi connectivity index (χ2v) is 13.2. The summed E-state index contributed by atoms with van der Waals surface area (Å²) in [4.78, 5) is 8.53. The smallest absolute Gasteiger partial charge is 0.161 e. The van der Waals surface area contributed by atoms with Gasteiger partial charge in [-0.1, -0.05) is 31.0 Å². The molecule has 48 heavy (non-hydrogen) atoms. The van der Waals surface area contributed by atoms with Crippen molar-refractivity contribution in [2.24, 2.45) is 11.8 Å². The van der Waals surface area contributed by atoms with Crippen LogP contribution in [-0.4, -0.2) is 74.1 Å². The van der Waals surface area contributed by atoms with Gasteiger partial charge in [0.2, 0.25) is 0 Å². The molecule has 1 aliphatic carbocycles. The number of rotatable bonds is 16. The van der Waals surface area contributed by atoms with Crippen molar-refractivity contribution in [2.75, 3.05) is 18.9 Å². The summed E-state index contributed by atoms with van der Waals surface area (Å²) < 4.78 is 6.19. The van der Waals surface area contributed by atoms with Gasteiger partial charge in [0.25, 0.3) is 0 Å². The molecule has 0 amide bonds. The summed E-state index contributed by atoms with van der Waals surface area (Å²) in [5, 5.41) is 56.6. The molecule has 0 saturated heterocycles. The highest BCUT2D eigenvalue weighted by Crippen LogP contribution is 2.33. The van der Waals surface area contributed by atoms with Crippen molar-refractivity contribution in [3.63, 3.8) is 0 Å². The first-order valence-electron chi connectivity index (χ1n) is 17.3. The number of pyridine rings is 1. The molecule has 8 N–H and O–H groups in total. The normalized spacial score (nSPS) is 22.5. The molecule has 0 radical (unpaired) electrons. The summed E-state index contributed by atoms with van der Waals surface area (Å²) in [5.41, 5.74) is 8.71. The van der Waals surface area contributed by atoms with Gasteiger partial charge in [0, 0.05) is 37.0 Å². The Labute approximate surface area is 284 Å². The monoisotopic (exact) mass is 661 g/mol. The number of aryl methyl sites for hydroxylation is 1. The Hall–Kier alpha value is -3.59. The van der Waals surface area contributed by atoms with E-state index < -0.39 is 30.3 Å². The third-order valence-corrected chi connectivity index (χ3v) is 9.35. The Kier molecular flexibility index (Phi) is 14.6. The molecule has 2 heterocycles. The molecular formula is C38H53N4O6-. The number of hydrogen-bond acceptors (Lipinski definition) is 9. The number of aromatic nitrogens is 2. The van der Waals surface area contributed by atoms with E-state index in [-0.39, 0.29) is 36.0 Å². The second-order valence-electron chi connectivity index (χ2n) is 13.2. The van der Waals surface area contributed by atoms with Crippen LogP contribution in [0.3, 0.4) is 0 Å². The van der Waals surface area contributed by atoms with Crippen LogP contribution in [0.2, 0.25) is 0 Å². The Bertz CT molecular complexity index is 1440. The molecular weight excluding hydrogens is 608 g/mol. The Morgan fingerprint density at radius 2 is 2.00 bits per heavy atom. The number of nitrogen functional groups attached to an aromatic ring is 1. The summed E-state index contributed by atoms with van der Waals surface area (Å²) in [5.74, 6) is 6.99. The number of nitrogens with one attached hydrogen (secondary N) is 1. The zero-order valence-electron chi connectivity index (χ0n) is 28.2. The van der Waals surface area contributed by atoms with E-state index in [0.29, 0.717) is 50.9 Å². The van der Waals surface area contributed by atoms with Crippen molar-refractivity contribution in [3.8, 4) is 23.3 Å². The minimum absolute atomic E-state index is 0.0394. The fourth-order valence-corrected chi connectivity index (χ4v) is 6.51. The number of aliphatic hydroxyl groups excluding tert-OH is 4. The quantitative estimate of drug-likeness (QED) is 0.112. The van der Waals surface area contributed by atoms with Crippen LogP contribution < -0.4 is 20.8 Å². The molecule has 262 valence electrons. The maximum Gasteiger partial charge on any atom is 0.161 e. The van der Waals surface area contributed by atoms with Gasteiger partial charge >= 0.3 is 0 Å². The van der Waals surface area contributed by atoms with Gasteiger partial charge in [-0.3, -0.25) is 0 Å². The van der Waals surface area contributed by atoms with Crippen LogP contribution in [0.4, 0.5) is 5.82 Å². The predicted octanol–water partition coefficient (Wildman–Crippen LogP) is 3.70. The molecule has 4 rings (SSSR count). The van der Waals surface area contributed by atoms with Gasteiger partial charge in [-0.05, 0) is 99.6 Å². The topological polar surface area (TPSA) is 175 Å². The highest BCUT2D eigenvalue weighted by Gasteiger charge is 2.28. The van der Waals surface area contributed by atoms with Crippen LogP contribution in [-0.2, 0) is 12.8 Å². The van der Waals surface area contributed by atoms with Crippen molar-refractivity contribution < 1.29 is 30.3 Å². The van der Waals surface area contributed by atoms with E-state index in [1.807, 2.05) is 24.3 Å². The lowest BCUT2D eigenvalue weighted by atomic mass is 9.84. The summed E-state index contributed by atoms with van der Waals surface area (Å²) in [6, 6.07) is 12.8. The predicted molar refractivity (Wildman–Crippen MR) is 186 cm³/mol. The molecule has 1 aromatic carbocycles. The van der Waals surface area contributed by atoms with Crippen LogP contribution in [0, 0.1) is 23.7 Å². The first-order chi connectivity index (χ1) is 23.1. The molecule has 0 unspecified atom stereocenters. The zero-order chi connectivity index (χ0) is 34.5. The number of nitrogens with zero attached hydrogens (tertiary/aromatic N) is 2. The summed E-state index contributed by atoms with van der Waals surface area (Å²) in [6.07, 6.45) is 6.28. The largest absolute Gasteiger partial charge is 0.668 e. The van der Waals surface area contributed by atoms with Gasteiger partial charge in [0.1, 0.15) is 11.9 Å². The summed E-state index contributed by atoms with van der Waals surface area (Å²) in [6.45, 7) is 4.10. The zero-order valence-corrected chi connectivity index (χ0v) is 28.2. The lowest BCUT2D eigenvalue weighted by Gasteiger charge is -2.30. The molecule has 0 aliphatic heterocycles. The molecule has 2 aromatic heterocycles. The molecule has 8 atom stereocenters. The fraction of sp³-hybridized carbons (Fsp3) is 0.553. The average Bonchev–Trinajstić information content (AvgIpc) is 3.59. The summed E-state index contributed by atoms with van der Waals surface area (Å²) >= 11 is 0. The number of ether oxygens (including phenoxy) is 1. The van der Waals surface area contributed by atoms with Gasteiger partial charge in [-0.15, -0.1) is 5.92 Å². The van der Waals surface area contributed by atoms with Crippen LogP contribution >= 0.6 is 0 Å². The molecule has 10 heteroatoms. The highest BCUT2D eigenvalue weighted by atomic mass is 16.5. The third-order valence-electron chi connectivity index (χ3n) is 9.35. The Morgan fingerprint density at radius 3 is 2.71 bits per heavy atom. The Morgan fingerprint density at radius 1 is 1.17 bits per heavy atom. The third kappa shape index (κ3) is 11.5. The van der Waals surface area contributed by atoms with E-state index >= 15 is 0 Å². The number of aliphatic hydroxyl groups is 4. The number of phenols is 1. The van der Waals surface area contributed by atoms with E-state index in [2.05, 4.69) is 34.0 Å². The molecule has 0 bridgehead atoms. The standard InChI is InChI=1S/C38H53N4O6/c1-3-26-6-4-8-33(35(46)14-11-31(18-26)42-23-25(2)44)34(45)12-9-27-10-13-36(47)37(19-27)48-32(24-43)21-29(20-30-7-5-16-40-30)28-15-17-41-38(39)22-28/h5,7,10,13,15-17,19,22,25-26,29,31-35,42-47H,3,8-9,11-12,14,18,20-21,23-24H2,1-2H3,(H2,39,41)/q-1/t25-,26-,29-,31-,32-,33+,34+,35-/m0/s1. The highest BCUT2D eigenvalue weighted by molar-refractivity contribution is 5.42. The molecule has 3 aromatic rings. The van der Waals surface area contributed by atoms with E-state index in [0.717, 1.165) is 36.1 Å². The summed E-state index contributed by atoms with van der Waals surface area (Å²) in [7, 11) is 0. The minimum Gasteiger partial charge on any atom is -0.668 e. The van der Waals surface area contributed by atoms with E-state index in [4.69, 9.17) is 10.5 Å². The van der Waals surface area contributed by atoms with E-state index in [1.165, 1.54) is 0 Å². The van der Waals surface area contributed by atoms with Crippen LogP contribution in [0.1, 0.15) is 81.5 Å². The van der Waals surface area contributed by atoms with Gasteiger partial charge in [0.15, 0.2) is 11.5 Å². The fourth-order valence-electron chi connectivity index (χ4n) is 6.51. The molecule has 0 saturated carbocycles. The van der Waals surface area contributed by atoms with E-state index in [1.54, 1.807) is 37.5 Å². The van der Waals surface area contributed by atoms with E-state index in [9.17, 15) is 25.5 Å². The van der Waals surface area contributed by atoms with Crippen molar-refractivity contribution in [1.29, 1.82) is 0 Å². The van der Waals surface area contributed by atoms with Crippen molar-refractivity contribution >= 4 is 5.82 Å². The number of aromatic hydroxyl groups is 1. The second kappa shape index (κ2) is 18.8. The van der Waals surface area contributed by atoms with Crippen molar-refractivity contribution in [2.45, 2.75) is 108 Å². The maximum atomic E-state index is 11.3. The minimum atomic E-state index is -0.778. The number of anilines is 1. The van der Waals surface area contributed by atoms with Crippen LogP contribution in [0.25, 0.3) is 0 Å². The number of phenolic OH excluding ortho intramolecular Hbond substituents is 1. The molecule has 1 aliphatic rings. The lowest BCUT2D eigenvalue weighted by Crippen LogP contribution is -2.38. The first-order valence-corrected chi connectivity index (χ1v) is 17.3. The number of hydrogen-bond donors (Lipinski definition) is 7. The molecule has 10 nitrogen and oxygen atoms in total. The van der Waals surface area contributed by atoms with Gasteiger partial charge < -0.3 is 46.3 Å². The maximum absolute atomic E-state index is 11.3. The average molecular weight is 662 g/mol. The Balaban J connectivity index is 1.41. The molecule has 0 spiro atoms. The van der Waals surface area contributed by atoms with Crippen LogP contribution in [0.15, 0.2) is 54.9 Å². The molecule has 0 fully saturated rings. The number of benzene rings is 1. The SMILES string of the molecule is CC[C@H]1C#CC[C@H]([C@H](O)CCc2ccc(O)c(O[C@H](CO)C[C@H](Cc3ccc[n-]3)c3ccnc(N)c3)c2)[C@@H](O)CC[C@H](NC[C@H](C)O)C1. The van der Waals surface area contributed by atoms with Crippen LogP contribution in [0.5, 0.6) is 11.5 Å².